The molecular formula is C15H22N2O2. The Kier molecular flexibility index (Phi) is 3.31. The normalized spacial score (nSPS) is 16.8. The van der Waals surface area contributed by atoms with Crippen molar-refractivity contribution < 1.29 is 9.53 Å². The first-order chi connectivity index (χ1) is 8.71. The summed E-state index contributed by atoms with van der Waals surface area (Å²) in [7, 11) is 0. The molecule has 1 aromatic rings. The van der Waals surface area contributed by atoms with Crippen molar-refractivity contribution >= 4 is 5.91 Å². The van der Waals surface area contributed by atoms with Crippen molar-refractivity contribution in [2.75, 3.05) is 0 Å². The van der Waals surface area contributed by atoms with Crippen molar-refractivity contribution in [3.05, 3.63) is 29.3 Å². The van der Waals surface area contributed by atoms with Crippen LogP contribution >= 0.6 is 0 Å². The minimum atomic E-state index is -0.725. The first-order valence-electron chi connectivity index (χ1n) is 6.56. The number of hydrogen-bond acceptors (Lipinski definition) is 3. The number of nitrogens with two attached hydrogens (primary N) is 1. The van der Waals surface area contributed by atoms with Gasteiger partial charge in [-0.25, -0.2) is 0 Å². The lowest BCUT2D eigenvalue weighted by Gasteiger charge is -2.23. The maximum Gasteiger partial charge on any atom is 0.237 e. The van der Waals surface area contributed by atoms with E-state index in [2.05, 4.69) is 25.2 Å². The van der Waals surface area contributed by atoms with Crippen LogP contribution < -0.4 is 15.8 Å². The Bertz CT molecular complexity index is 507. The Hall–Kier alpha value is -1.55. The second-order valence-electron chi connectivity index (χ2n) is 6.29. The van der Waals surface area contributed by atoms with E-state index in [0.29, 0.717) is 6.54 Å². The molecule has 1 aromatic carbocycles. The Morgan fingerprint density at radius 1 is 1.47 bits per heavy atom. The molecule has 104 valence electrons. The highest BCUT2D eigenvalue weighted by Gasteiger charge is 2.32. The molecule has 0 aromatic heterocycles. The number of nitrogens with one attached hydrogen (secondary N) is 1. The van der Waals surface area contributed by atoms with Crippen LogP contribution in [-0.4, -0.2) is 17.0 Å². The SMILES string of the molecule is CC1(C)Cc2cccc(CNC(C)(C)C(N)=O)c2O1. The van der Waals surface area contributed by atoms with Crippen LogP contribution in [-0.2, 0) is 17.8 Å². The van der Waals surface area contributed by atoms with E-state index in [0.717, 1.165) is 17.7 Å². The smallest absolute Gasteiger partial charge is 0.237 e. The molecular weight excluding hydrogens is 240 g/mol. The van der Waals surface area contributed by atoms with Crippen LogP contribution in [0, 0.1) is 0 Å². The average molecular weight is 262 g/mol. The molecule has 3 N–H and O–H groups in total. The number of amides is 1. The molecule has 0 atom stereocenters. The van der Waals surface area contributed by atoms with Gasteiger partial charge in [0.05, 0.1) is 5.54 Å². The van der Waals surface area contributed by atoms with Gasteiger partial charge in [-0.1, -0.05) is 18.2 Å². The van der Waals surface area contributed by atoms with Crippen molar-refractivity contribution in [3.63, 3.8) is 0 Å². The van der Waals surface area contributed by atoms with Crippen LogP contribution in [0.15, 0.2) is 18.2 Å². The first kappa shape index (κ1) is 13.9. The molecule has 2 rings (SSSR count). The summed E-state index contributed by atoms with van der Waals surface area (Å²) in [6.07, 6.45) is 0.912. The number of benzene rings is 1. The average Bonchev–Trinajstić information content (AvgIpc) is 2.60. The van der Waals surface area contributed by atoms with Crippen LogP contribution in [0.3, 0.4) is 0 Å². The second kappa shape index (κ2) is 4.53. The fraction of sp³-hybridized carbons (Fsp3) is 0.533. The summed E-state index contributed by atoms with van der Waals surface area (Å²) in [5.74, 6) is 0.585. The molecule has 4 nitrogen and oxygen atoms in total. The van der Waals surface area contributed by atoms with Crippen LogP contribution in [0.5, 0.6) is 5.75 Å². The Morgan fingerprint density at radius 2 is 2.16 bits per heavy atom. The number of ether oxygens (including phenoxy) is 1. The van der Waals surface area contributed by atoms with Gasteiger partial charge >= 0.3 is 0 Å². The number of fused-ring (bicyclic) bond motifs is 1. The molecule has 0 radical (unpaired) electrons. The topological polar surface area (TPSA) is 64.3 Å². The molecule has 0 fully saturated rings. The third kappa shape index (κ3) is 2.89. The highest BCUT2D eigenvalue weighted by molar-refractivity contribution is 5.83. The van der Waals surface area contributed by atoms with E-state index in [1.54, 1.807) is 13.8 Å². The minimum Gasteiger partial charge on any atom is -0.487 e. The van der Waals surface area contributed by atoms with Gasteiger partial charge in [0.1, 0.15) is 11.4 Å². The van der Waals surface area contributed by atoms with Gasteiger partial charge in [0, 0.05) is 18.5 Å². The van der Waals surface area contributed by atoms with Gasteiger partial charge in [0.25, 0.3) is 0 Å². The Labute approximate surface area is 114 Å². The molecule has 0 spiro atoms. The zero-order valence-electron chi connectivity index (χ0n) is 12.0. The Morgan fingerprint density at radius 3 is 2.79 bits per heavy atom. The molecule has 0 bridgehead atoms. The van der Waals surface area contributed by atoms with Crippen molar-refractivity contribution in [1.82, 2.24) is 5.32 Å². The third-order valence-corrected chi connectivity index (χ3v) is 3.51. The van der Waals surface area contributed by atoms with Crippen LogP contribution in [0.4, 0.5) is 0 Å². The van der Waals surface area contributed by atoms with E-state index < -0.39 is 5.54 Å². The van der Waals surface area contributed by atoms with Gasteiger partial charge in [-0.05, 0) is 33.3 Å². The zero-order valence-corrected chi connectivity index (χ0v) is 12.0. The van der Waals surface area contributed by atoms with Crippen LogP contribution in [0.25, 0.3) is 0 Å². The number of primary amides is 1. The lowest BCUT2D eigenvalue weighted by molar-refractivity contribution is -0.123. The highest BCUT2D eigenvalue weighted by atomic mass is 16.5. The lowest BCUT2D eigenvalue weighted by atomic mass is 10.00. The fourth-order valence-corrected chi connectivity index (χ4v) is 2.22. The molecule has 0 saturated heterocycles. The minimum absolute atomic E-state index is 0.155. The van der Waals surface area contributed by atoms with Crippen LogP contribution in [0.1, 0.15) is 38.8 Å². The van der Waals surface area contributed by atoms with E-state index in [9.17, 15) is 4.79 Å². The summed E-state index contributed by atoms with van der Waals surface area (Å²) in [5, 5.41) is 3.18. The molecule has 0 saturated carbocycles. The maximum atomic E-state index is 11.3. The quantitative estimate of drug-likeness (QED) is 0.869. The van der Waals surface area contributed by atoms with Gasteiger partial charge < -0.3 is 10.5 Å². The monoisotopic (exact) mass is 262 g/mol. The summed E-state index contributed by atoms with van der Waals surface area (Å²) < 4.78 is 5.99. The number of hydrogen-bond donors (Lipinski definition) is 2. The number of para-hydroxylation sites is 1. The standard InChI is InChI=1S/C15H22N2O2/c1-14(2)8-10-6-5-7-11(12(10)19-14)9-17-15(3,4)13(16)18/h5-7,17H,8-9H2,1-4H3,(H2,16,18). The van der Waals surface area contributed by atoms with E-state index in [1.165, 1.54) is 5.56 Å². The van der Waals surface area contributed by atoms with E-state index in [1.807, 2.05) is 12.1 Å². The van der Waals surface area contributed by atoms with E-state index in [-0.39, 0.29) is 11.5 Å². The molecule has 0 unspecified atom stereocenters. The lowest BCUT2D eigenvalue weighted by Crippen LogP contribution is -2.50. The molecule has 0 aliphatic carbocycles. The van der Waals surface area contributed by atoms with Crippen molar-refractivity contribution in [1.29, 1.82) is 0 Å². The second-order valence-corrected chi connectivity index (χ2v) is 6.29. The van der Waals surface area contributed by atoms with Crippen LogP contribution in [0.2, 0.25) is 0 Å². The van der Waals surface area contributed by atoms with Crippen molar-refractivity contribution in [3.8, 4) is 5.75 Å². The highest BCUT2D eigenvalue weighted by Crippen LogP contribution is 2.37. The summed E-state index contributed by atoms with van der Waals surface area (Å²) in [5.41, 5.74) is 6.77. The number of rotatable bonds is 4. The molecule has 1 heterocycles. The maximum absolute atomic E-state index is 11.3. The van der Waals surface area contributed by atoms with Gasteiger partial charge in [-0.3, -0.25) is 10.1 Å². The predicted octanol–water partition coefficient (Wildman–Crippen LogP) is 1.75. The third-order valence-electron chi connectivity index (χ3n) is 3.51. The number of carbonyl (C=O) groups excluding carboxylic acids is 1. The molecule has 19 heavy (non-hydrogen) atoms. The number of carbonyl (C=O) groups is 1. The van der Waals surface area contributed by atoms with E-state index in [4.69, 9.17) is 10.5 Å². The summed E-state index contributed by atoms with van der Waals surface area (Å²) in [6, 6.07) is 6.13. The van der Waals surface area contributed by atoms with Gasteiger partial charge in [0.2, 0.25) is 5.91 Å². The van der Waals surface area contributed by atoms with Gasteiger partial charge in [-0.15, -0.1) is 0 Å². The first-order valence-corrected chi connectivity index (χ1v) is 6.56. The largest absolute Gasteiger partial charge is 0.487 e. The summed E-state index contributed by atoms with van der Waals surface area (Å²) in [4.78, 5) is 11.3. The molecule has 4 heteroatoms. The molecule has 1 aliphatic heterocycles. The van der Waals surface area contributed by atoms with Crippen molar-refractivity contribution in [2.24, 2.45) is 5.73 Å². The molecule has 1 aliphatic rings. The van der Waals surface area contributed by atoms with Crippen molar-refractivity contribution in [2.45, 2.75) is 51.8 Å². The van der Waals surface area contributed by atoms with Gasteiger partial charge in [-0.2, -0.15) is 0 Å². The van der Waals surface area contributed by atoms with E-state index >= 15 is 0 Å². The summed E-state index contributed by atoms with van der Waals surface area (Å²) >= 11 is 0. The summed E-state index contributed by atoms with van der Waals surface area (Å²) in [6.45, 7) is 8.29. The zero-order chi connectivity index (χ0) is 14.3. The fourth-order valence-electron chi connectivity index (χ4n) is 2.22. The van der Waals surface area contributed by atoms with Gasteiger partial charge in [0.15, 0.2) is 0 Å². The predicted molar refractivity (Wildman–Crippen MR) is 75.0 cm³/mol. The molecule has 1 amide bonds. The Balaban J connectivity index is 2.16.